The summed E-state index contributed by atoms with van der Waals surface area (Å²) in [7, 11) is 0. The SMILES string of the molecule is CC1CCC(NC(=O)C(F)F)CC1C. The van der Waals surface area contributed by atoms with Gasteiger partial charge in [-0.1, -0.05) is 13.8 Å². The average Bonchev–Trinajstić information content (AvgIpc) is 2.11. The van der Waals surface area contributed by atoms with Crippen molar-refractivity contribution < 1.29 is 13.6 Å². The second-order valence-corrected chi connectivity index (χ2v) is 4.27. The molecule has 1 fully saturated rings. The van der Waals surface area contributed by atoms with Crippen LogP contribution in [-0.4, -0.2) is 18.4 Å². The van der Waals surface area contributed by atoms with Crippen LogP contribution in [-0.2, 0) is 4.79 Å². The van der Waals surface area contributed by atoms with Crippen LogP contribution >= 0.6 is 0 Å². The van der Waals surface area contributed by atoms with E-state index in [9.17, 15) is 13.6 Å². The molecule has 0 aliphatic heterocycles. The highest BCUT2D eigenvalue weighted by molar-refractivity contribution is 5.79. The Kier molecular flexibility index (Phi) is 3.84. The van der Waals surface area contributed by atoms with Gasteiger partial charge in [0.15, 0.2) is 0 Å². The van der Waals surface area contributed by atoms with E-state index in [1.807, 2.05) is 0 Å². The molecule has 0 aromatic carbocycles. The molecule has 0 saturated heterocycles. The molecular formula is C10H17F2NO. The van der Waals surface area contributed by atoms with Crippen LogP contribution in [0.2, 0.25) is 0 Å². The Morgan fingerprint density at radius 2 is 1.93 bits per heavy atom. The zero-order chi connectivity index (χ0) is 10.7. The fraction of sp³-hybridized carbons (Fsp3) is 0.900. The first-order valence-corrected chi connectivity index (χ1v) is 5.09. The highest BCUT2D eigenvalue weighted by Gasteiger charge is 2.27. The van der Waals surface area contributed by atoms with E-state index in [-0.39, 0.29) is 6.04 Å². The number of hydrogen-bond acceptors (Lipinski definition) is 1. The molecule has 1 aliphatic carbocycles. The molecule has 1 aliphatic rings. The molecule has 0 heterocycles. The Morgan fingerprint density at radius 1 is 1.29 bits per heavy atom. The molecule has 3 unspecified atom stereocenters. The lowest BCUT2D eigenvalue weighted by molar-refractivity contribution is -0.132. The summed E-state index contributed by atoms with van der Waals surface area (Å²) in [6, 6.07) is -0.0531. The Hall–Kier alpha value is -0.670. The molecule has 82 valence electrons. The molecule has 1 N–H and O–H groups in total. The predicted octanol–water partition coefficient (Wildman–Crippen LogP) is 2.19. The van der Waals surface area contributed by atoms with Crippen molar-refractivity contribution in [3.8, 4) is 0 Å². The molecule has 0 aromatic rings. The number of alkyl halides is 2. The molecule has 0 radical (unpaired) electrons. The molecule has 0 bridgehead atoms. The van der Waals surface area contributed by atoms with Gasteiger partial charge < -0.3 is 5.32 Å². The van der Waals surface area contributed by atoms with E-state index in [4.69, 9.17) is 0 Å². The Morgan fingerprint density at radius 3 is 2.43 bits per heavy atom. The third-order valence-corrected chi connectivity index (χ3v) is 3.14. The molecule has 4 heteroatoms. The lowest BCUT2D eigenvalue weighted by Gasteiger charge is -2.32. The maximum atomic E-state index is 11.9. The van der Waals surface area contributed by atoms with Crippen molar-refractivity contribution in [2.75, 3.05) is 0 Å². The fourth-order valence-electron chi connectivity index (χ4n) is 1.94. The number of carbonyl (C=O) groups excluding carboxylic acids is 1. The van der Waals surface area contributed by atoms with Gasteiger partial charge in [0.2, 0.25) is 0 Å². The molecule has 1 amide bonds. The van der Waals surface area contributed by atoms with Gasteiger partial charge in [-0.05, 0) is 31.1 Å². The molecule has 14 heavy (non-hydrogen) atoms. The first-order chi connectivity index (χ1) is 6.50. The van der Waals surface area contributed by atoms with Gasteiger partial charge in [0.05, 0.1) is 0 Å². The summed E-state index contributed by atoms with van der Waals surface area (Å²) in [5.41, 5.74) is 0. The standard InChI is InChI=1S/C10H17F2NO/c1-6-3-4-8(5-7(6)2)13-10(14)9(11)12/h6-9H,3-5H2,1-2H3,(H,13,14). The topological polar surface area (TPSA) is 29.1 Å². The Balaban J connectivity index is 2.37. The second kappa shape index (κ2) is 4.71. The normalized spacial score (nSPS) is 33.1. The minimum Gasteiger partial charge on any atom is -0.348 e. The van der Waals surface area contributed by atoms with Crippen LogP contribution in [0.4, 0.5) is 8.78 Å². The summed E-state index contributed by atoms with van der Waals surface area (Å²) in [6.45, 7) is 4.27. The van der Waals surface area contributed by atoms with Gasteiger partial charge in [-0.2, -0.15) is 8.78 Å². The maximum absolute atomic E-state index is 11.9. The van der Waals surface area contributed by atoms with Crippen LogP contribution in [0.3, 0.4) is 0 Å². The molecular weight excluding hydrogens is 188 g/mol. The smallest absolute Gasteiger partial charge is 0.315 e. The summed E-state index contributed by atoms with van der Waals surface area (Å²) >= 11 is 0. The lowest BCUT2D eigenvalue weighted by atomic mass is 9.79. The van der Waals surface area contributed by atoms with E-state index >= 15 is 0 Å². The van der Waals surface area contributed by atoms with Crippen molar-refractivity contribution in [3.63, 3.8) is 0 Å². The molecule has 0 spiro atoms. The summed E-state index contributed by atoms with van der Waals surface area (Å²) in [6.07, 6.45) is -0.233. The minimum absolute atomic E-state index is 0.0531. The van der Waals surface area contributed by atoms with Crippen molar-refractivity contribution in [1.29, 1.82) is 0 Å². The number of rotatable bonds is 2. The predicted molar refractivity (Wildman–Crippen MR) is 50.1 cm³/mol. The third kappa shape index (κ3) is 2.93. The number of halogens is 2. The van der Waals surface area contributed by atoms with Crippen LogP contribution in [0.1, 0.15) is 33.1 Å². The van der Waals surface area contributed by atoms with Crippen LogP contribution in [0, 0.1) is 11.8 Å². The number of amides is 1. The first-order valence-electron chi connectivity index (χ1n) is 5.09. The molecule has 3 atom stereocenters. The van der Waals surface area contributed by atoms with Crippen molar-refractivity contribution in [2.24, 2.45) is 11.8 Å². The number of hydrogen-bond donors (Lipinski definition) is 1. The Bertz CT molecular complexity index is 208. The lowest BCUT2D eigenvalue weighted by Crippen LogP contribution is -2.42. The maximum Gasteiger partial charge on any atom is 0.315 e. The van der Waals surface area contributed by atoms with E-state index in [2.05, 4.69) is 19.2 Å². The highest BCUT2D eigenvalue weighted by atomic mass is 19.3. The summed E-state index contributed by atoms with van der Waals surface area (Å²) in [5, 5.41) is 2.38. The van der Waals surface area contributed by atoms with Crippen molar-refractivity contribution in [3.05, 3.63) is 0 Å². The molecule has 0 aromatic heterocycles. The van der Waals surface area contributed by atoms with Crippen molar-refractivity contribution >= 4 is 5.91 Å². The van der Waals surface area contributed by atoms with E-state index in [0.29, 0.717) is 11.8 Å². The molecule has 1 rings (SSSR count). The van der Waals surface area contributed by atoms with Gasteiger partial charge in [-0.15, -0.1) is 0 Å². The van der Waals surface area contributed by atoms with Crippen LogP contribution in [0.15, 0.2) is 0 Å². The van der Waals surface area contributed by atoms with Gasteiger partial charge in [-0.3, -0.25) is 4.79 Å². The second-order valence-electron chi connectivity index (χ2n) is 4.27. The van der Waals surface area contributed by atoms with Gasteiger partial charge in [0, 0.05) is 6.04 Å². The molecule has 2 nitrogen and oxygen atoms in total. The van der Waals surface area contributed by atoms with E-state index < -0.39 is 12.3 Å². The zero-order valence-electron chi connectivity index (χ0n) is 8.59. The first kappa shape index (κ1) is 11.4. The van der Waals surface area contributed by atoms with Gasteiger partial charge in [0.1, 0.15) is 0 Å². The van der Waals surface area contributed by atoms with E-state index in [1.54, 1.807) is 0 Å². The molecule has 1 saturated carbocycles. The average molecular weight is 205 g/mol. The van der Waals surface area contributed by atoms with Crippen LogP contribution in [0.5, 0.6) is 0 Å². The number of carbonyl (C=O) groups is 1. The summed E-state index contributed by atoms with van der Waals surface area (Å²) in [5.74, 6) is 0.0122. The Labute approximate surface area is 83.1 Å². The summed E-state index contributed by atoms with van der Waals surface area (Å²) < 4.78 is 23.9. The van der Waals surface area contributed by atoms with E-state index in [1.165, 1.54) is 0 Å². The largest absolute Gasteiger partial charge is 0.348 e. The van der Waals surface area contributed by atoms with Crippen LogP contribution < -0.4 is 5.32 Å². The van der Waals surface area contributed by atoms with Gasteiger partial charge in [0.25, 0.3) is 5.91 Å². The van der Waals surface area contributed by atoms with Gasteiger partial charge >= 0.3 is 6.43 Å². The number of nitrogens with one attached hydrogen (secondary N) is 1. The fourth-order valence-corrected chi connectivity index (χ4v) is 1.94. The monoisotopic (exact) mass is 205 g/mol. The van der Waals surface area contributed by atoms with Crippen LogP contribution in [0.25, 0.3) is 0 Å². The van der Waals surface area contributed by atoms with Crippen molar-refractivity contribution in [1.82, 2.24) is 5.32 Å². The van der Waals surface area contributed by atoms with E-state index in [0.717, 1.165) is 19.3 Å². The van der Waals surface area contributed by atoms with Crippen molar-refractivity contribution in [2.45, 2.75) is 45.6 Å². The quantitative estimate of drug-likeness (QED) is 0.735. The zero-order valence-corrected chi connectivity index (χ0v) is 8.59. The van der Waals surface area contributed by atoms with Gasteiger partial charge in [-0.25, -0.2) is 0 Å². The third-order valence-electron chi connectivity index (χ3n) is 3.14. The highest BCUT2D eigenvalue weighted by Crippen LogP contribution is 2.29. The summed E-state index contributed by atoms with van der Waals surface area (Å²) in [4.78, 5) is 10.7. The minimum atomic E-state index is -2.88.